The van der Waals surface area contributed by atoms with Gasteiger partial charge in [0.15, 0.2) is 11.6 Å². The molecule has 10 heteroatoms. The normalized spacial score (nSPS) is 15.1. The number of halogens is 4. The lowest BCUT2D eigenvalue weighted by Crippen LogP contribution is -2.34. The zero-order valence-corrected chi connectivity index (χ0v) is 22.4. The molecule has 5 rings (SSSR count). The summed E-state index contributed by atoms with van der Waals surface area (Å²) < 4.78 is 65.7. The number of rotatable bonds is 8. The van der Waals surface area contributed by atoms with Gasteiger partial charge in [0, 0.05) is 18.8 Å². The lowest BCUT2D eigenvalue weighted by Gasteiger charge is -2.26. The lowest BCUT2D eigenvalue weighted by molar-refractivity contribution is -0.137. The van der Waals surface area contributed by atoms with E-state index >= 15 is 4.39 Å². The van der Waals surface area contributed by atoms with E-state index in [0.29, 0.717) is 36.7 Å². The van der Waals surface area contributed by atoms with Gasteiger partial charge in [0.25, 0.3) is 0 Å². The van der Waals surface area contributed by atoms with Gasteiger partial charge < -0.3 is 14.4 Å². The first-order valence-electron chi connectivity index (χ1n) is 13.0. The molecule has 4 aromatic rings. The zero-order valence-electron chi connectivity index (χ0n) is 22.4. The Morgan fingerprint density at radius 2 is 1.80 bits per heavy atom. The van der Waals surface area contributed by atoms with Crippen molar-refractivity contribution in [2.75, 3.05) is 18.1 Å². The van der Waals surface area contributed by atoms with E-state index in [9.17, 15) is 18.0 Å². The predicted octanol–water partition coefficient (Wildman–Crippen LogP) is 8.19. The monoisotopic (exact) mass is 565 g/mol. The number of para-hydroxylation sites is 1. The molecule has 41 heavy (non-hydrogen) atoms. The molecule has 0 saturated carbocycles. The molecule has 0 radical (unpaired) electrons. The van der Waals surface area contributed by atoms with Gasteiger partial charge in [0.2, 0.25) is 0 Å². The Morgan fingerprint density at radius 1 is 1.05 bits per heavy atom. The number of cyclic esters (lactones) is 1. The maximum absolute atomic E-state index is 15.3. The molecule has 1 aromatic heterocycles. The summed E-state index contributed by atoms with van der Waals surface area (Å²) >= 11 is 0. The van der Waals surface area contributed by atoms with Crippen LogP contribution < -0.4 is 9.64 Å². The molecule has 0 spiro atoms. The predicted molar refractivity (Wildman–Crippen MR) is 146 cm³/mol. The molecule has 1 aliphatic heterocycles. The van der Waals surface area contributed by atoms with Crippen LogP contribution >= 0.6 is 0 Å². The molecule has 2 heterocycles. The molecule has 0 aliphatic carbocycles. The van der Waals surface area contributed by atoms with Gasteiger partial charge in [-0.1, -0.05) is 30.3 Å². The molecule has 1 amide bonds. The van der Waals surface area contributed by atoms with E-state index in [1.807, 2.05) is 38.1 Å². The number of hydrogen-bond acceptors (Lipinski definition) is 5. The second-order valence-corrected chi connectivity index (χ2v) is 9.61. The standard InChI is InChI=1S/C31H27F4N3O3/c1-3-37-24(19-40-30(37)39)16-21-8-12-25(13-9-21)41-28-14-11-23(17-26(28)32)38(27-7-5-4-6-20(27)2)29-15-10-22(18-36-29)31(33,34)35/h4-15,17-18,24H,3,16,19H2,1-2H3/t24-/m0/s1. The molecule has 1 saturated heterocycles. The third kappa shape index (κ3) is 6.11. The minimum Gasteiger partial charge on any atom is -0.454 e. The van der Waals surface area contributed by atoms with Crippen molar-refractivity contribution in [1.29, 1.82) is 0 Å². The average Bonchev–Trinajstić information content (AvgIpc) is 3.30. The molecule has 3 aromatic carbocycles. The summed E-state index contributed by atoms with van der Waals surface area (Å²) in [4.78, 5) is 19.1. The number of hydrogen-bond donors (Lipinski definition) is 0. The summed E-state index contributed by atoms with van der Waals surface area (Å²) in [5.41, 5.74) is 1.93. The molecule has 1 fully saturated rings. The van der Waals surface area contributed by atoms with Crippen molar-refractivity contribution in [3.63, 3.8) is 0 Å². The van der Waals surface area contributed by atoms with Crippen molar-refractivity contribution >= 4 is 23.3 Å². The number of amides is 1. The highest BCUT2D eigenvalue weighted by Crippen LogP contribution is 2.39. The highest BCUT2D eigenvalue weighted by Gasteiger charge is 2.32. The summed E-state index contributed by atoms with van der Waals surface area (Å²) in [5.74, 6) is -0.0468. The van der Waals surface area contributed by atoms with Gasteiger partial charge >= 0.3 is 12.3 Å². The Bertz CT molecular complexity index is 1530. The number of anilines is 3. The Kier molecular flexibility index (Phi) is 7.83. The van der Waals surface area contributed by atoms with E-state index in [4.69, 9.17) is 9.47 Å². The van der Waals surface area contributed by atoms with Crippen LogP contribution in [0.25, 0.3) is 0 Å². The zero-order chi connectivity index (χ0) is 29.1. The number of carbonyl (C=O) groups is 1. The highest BCUT2D eigenvalue weighted by molar-refractivity contribution is 5.76. The van der Waals surface area contributed by atoms with Crippen molar-refractivity contribution in [3.05, 3.63) is 108 Å². The fraction of sp³-hybridized carbons (Fsp3) is 0.226. The quantitative estimate of drug-likeness (QED) is 0.202. The first-order valence-corrected chi connectivity index (χ1v) is 13.0. The van der Waals surface area contributed by atoms with E-state index < -0.39 is 17.6 Å². The van der Waals surface area contributed by atoms with Gasteiger partial charge in [-0.25, -0.2) is 14.2 Å². The molecular formula is C31H27F4N3O3. The summed E-state index contributed by atoms with van der Waals surface area (Å²) in [6, 6.07) is 20.9. The molecule has 6 nitrogen and oxygen atoms in total. The second kappa shape index (κ2) is 11.5. The minimum atomic E-state index is -4.53. The van der Waals surface area contributed by atoms with Crippen LogP contribution in [0.2, 0.25) is 0 Å². The van der Waals surface area contributed by atoms with Gasteiger partial charge in [-0.05, 0) is 73.9 Å². The number of aryl methyl sites for hydroxylation is 1. The Hall–Kier alpha value is -4.60. The van der Waals surface area contributed by atoms with Crippen molar-refractivity contribution in [2.24, 2.45) is 0 Å². The van der Waals surface area contributed by atoms with Crippen LogP contribution in [0.4, 0.5) is 39.5 Å². The van der Waals surface area contributed by atoms with Crippen LogP contribution in [0.15, 0.2) is 85.1 Å². The van der Waals surface area contributed by atoms with Crippen LogP contribution in [0.5, 0.6) is 11.5 Å². The van der Waals surface area contributed by atoms with E-state index in [2.05, 4.69) is 4.98 Å². The molecule has 0 N–H and O–H groups in total. The van der Waals surface area contributed by atoms with Gasteiger partial charge in [-0.3, -0.25) is 4.90 Å². The molecular weight excluding hydrogens is 538 g/mol. The van der Waals surface area contributed by atoms with E-state index in [1.54, 1.807) is 40.1 Å². The maximum atomic E-state index is 15.3. The number of ether oxygens (including phenoxy) is 2. The fourth-order valence-corrected chi connectivity index (χ4v) is 4.75. The van der Waals surface area contributed by atoms with Gasteiger partial charge in [0.1, 0.15) is 18.2 Å². The number of alkyl halides is 3. The average molecular weight is 566 g/mol. The number of benzene rings is 3. The van der Waals surface area contributed by atoms with Crippen LogP contribution in [0.3, 0.4) is 0 Å². The number of pyridine rings is 1. The minimum absolute atomic E-state index is 0.0152. The highest BCUT2D eigenvalue weighted by atomic mass is 19.4. The first-order chi connectivity index (χ1) is 19.6. The van der Waals surface area contributed by atoms with Crippen LogP contribution in [-0.4, -0.2) is 35.2 Å². The number of nitrogens with zero attached hydrogens (tertiary/aromatic N) is 3. The van der Waals surface area contributed by atoms with Gasteiger partial charge in [-0.15, -0.1) is 0 Å². The molecule has 0 bridgehead atoms. The SMILES string of the molecule is CCN1C(=O)OC[C@@H]1Cc1ccc(Oc2ccc(N(c3ccc(C(F)(F)F)cn3)c3ccccc3C)cc2F)cc1. The fourth-order valence-electron chi connectivity index (χ4n) is 4.75. The summed E-state index contributed by atoms with van der Waals surface area (Å²) in [6.07, 6.45) is -3.46. The van der Waals surface area contributed by atoms with Crippen molar-refractivity contribution < 1.29 is 31.8 Å². The molecule has 0 unspecified atom stereocenters. The maximum Gasteiger partial charge on any atom is 0.417 e. The van der Waals surface area contributed by atoms with Crippen LogP contribution in [-0.2, 0) is 17.3 Å². The largest absolute Gasteiger partial charge is 0.454 e. The number of likely N-dealkylation sites (N-methyl/N-ethyl adjacent to an activating group) is 1. The number of aromatic nitrogens is 1. The van der Waals surface area contributed by atoms with Crippen LogP contribution in [0, 0.1) is 12.7 Å². The van der Waals surface area contributed by atoms with Crippen molar-refractivity contribution in [1.82, 2.24) is 9.88 Å². The summed E-state index contributed by atoms with van der Waals surface area (Å²) in [6.45, 7) is 4.65. The molecule has 1 atom stereocenters. The van der Waals surface area contributed by atoms with E-state index in [1.165, 1.54) is 18.2 Å². The van der Waals surface area contributed by atoms with Crippen molar-refractivity contribution in [3.8, 4) is 11.5 Å². The molecule has 1 aliphatic rings. The Labute approximate surface area is 234 Å². The molecule has 212 valence electrons. The third-order valence-corrected chi connectivity index (χ3v) is 6.87. The van der Waals surface area contributed by atoms with E-state index in [-0.39, 0.29) is 23.7 Å². The number of carbonyl (C=O) groups excluding carboxylic acids is 1. The second-order valence-electron chi connectivity index (χ2n) is 9.61. The van der Waals surface area contributed by atoms with E-state index in [0.717, 1.165) is 23.4 Å². The van der Waals surface area contributed by atoms with Crippen molar-refractivity contribution in [2.45, 2.75) is 32.5 Å². The lowest BCUT2D eigenvalue weighted by atomic mass is 10.1. The van der Waals surface area contributed by atoms with Gasteiger partial charge in [-0.2, -0.15) is 13.2 Å². The Balaban J connectivity index is 1.37. The summed E-state index contributed by atoms with van der Waals surface area (Å²) in [5, 5.41) is 0. The Morgan fingerprint density at radius 3 is 2.44 bits per heavy atom. The third-order valence-electron chi connectivity index (χ3n) is 6.87. The topological polar surface area (TPSA) is 54.9 Å². The van der Waals surface area contributed by atoms with Gasteiger partial charge in [0.05, 0.1) is 23.0 Å². The smallest absolute Gasteiger partial charge is 0.417 e. The first kappa shape index (κ1) is 27.9. The summed E-state index contributed by atoms with van der Waals surface area (Å²) in [7, 11) is 0. The van der Waals surface area contributed by atoms with Crippen LogP contribution in [0.1, 0.15) is 23.6 Å².